The summed E-state index contributed by atoms with van der Waals surface area (Å²) in [5.74, 6) is -0.240. The van der Waals surface area contributed by atoms with Crippen molar-refractivity contribution in [2.75, 3.05) is 12.1 Å². The lowest BCUT2D eigenvalue weighted by atomic mass is 10.1. The van der Waals surface area contributed by atoms with Gasteiger partial charge in [-0.2, -0.15) is 0 Å². The molecule has 0 bridgehead atoms. The Kier molecular flexibility index (Phi) is 5.79. The van der Waals surface area contributed by atoms with Gasteiger partial charge in [0.15, 0.2) is 11.5 Å². The third-order valence-electron chi connectivity index (χ3n) is 4.30. The molecule has 0 saturated heterocycles. The van der Waals surface area contributed by atoms with Crippen LogP contribution >= 0.6 is 23.2 Å². The van der Waals surface area contributed by atoms with E-state index in [0.717, 1.165) is 0 Å². The number of fused-ring (bicyclic) bond motifs is 1. The molecule has 0 aliphatic carbocycles. The van der Waals surface area contributed by atoms with Crippen LogP contribution in [0.5, 0.6) is 11.5 Å². The Hall–Kier alpha value is -3.22. The fraction of sp³-hybridized carbons (Fsp3) is 0.0909. The number of amides is 1. The van der Waals surface area contributed by atoms with Gasteiger partial charge in [-0.3, -0.25) is 4.79 Å². The topological polar surface area (TPSA) is 73.9 Å². The second-order valence-corrected chi connectivity index (χ2v) is 7.28. The van der Waals surface area contributed by atoms with Crippen LogP contribution in [-0.4, -0.2) is 18.7 Å². The summed E-state index contributed by atoms with van der Waals surface area (Å²) in [4.78, 5) is 25.7. The largest absolute Gasteiger partial charge is 0.454 e. The minimum Gasteiger partial charge on any atom is -0.454 e. The molecule has 0 fully saturated rings. The molecule has 4 rings (SSSR count). The molecule has 0 radical (unpaired) electrons. The molecule has 3 aromatic rings. The summed E-state index contributed by atoms with van der Waals surface area (Å²) >= 11 is 12.0. The lowest BCUT2D eigenvalue weighted by molar-refractivity contribution is -0.125. The maximum Gasteiger partial charge on any atom is 0.339 e. The number of hydrogen-bond donors (Lipinski definition) is 1. The zero-order chi connectivity index (χ0) is 21.1. The standard InChI is InChI=1S/C22H15Cl2NO5/c23-15-9-16(24)11-17(10-15)25-21(26)20(13-4-2-1-3-5-13)30-22(27)14-6-7-18-19(8-14)29-12-28-18/h1-11,20H,12H2,(H,25,26). The number of anilines is 1. The van der Waals surface area contributed by atoms with Crippen molar-refractivity contribution in [2.24, 2.45) is 0 Å². The number of esters is 1. The highest BCUT2D eigenvalue weighted by Gasteiger charge is 2.27. The minimum absolute atomic E-state index is 0.0884. The van der Waals surface area contributed by atoms with Crippen molar-refractivity contribution in [3.8, 4) is 11.5 Å². The fourth-order valence-electron chi connectivity index (χ4n) is 2.93. The molecular weight excluding hydrogens is 429 g/mol. The van der Waals surface area contributed by atoms with Crippen molar-refractivity contribution in [2.45, 2.75) is 6.10 Å². The second kappa shape index (κ2) is 8.65. The smallest absolute Gasteiger partial charge is 0.339 e. The SMILES string of the molecule is O=C(OC(C(=O)Nc1cc(Cl)cc(Cl)c1)c1ccccc1)c1ccc2c(c1)OCO2. The van der Waals surface area contributed by atoms with Crippen LogP contribution in [0.1, 0.15) is 22.0 Å². The van der Waals surface area contributed by atoms with E-state index < -0.39 is 18.0 Å². The monoisotopic (exact) mass is 443 g/mol. The average molecular weight is 444 g/mol. The van der Waals surface area contributed by atoms with Gasteiger partial charge in [-0.15, -0.1) is 0 Å². The van der Waals surface area contributed by atoms with E-state index >= 15 is 0 Å². The predicted molar refractivity (Wildman–Crippen MR) is 112 cm³/mol. The molecule has 30 heavy (non-hydrogen) atoms. The number of halogens is 2. The van der Waals surface area contributed by atoms with E-state index in [1.54, 1.807) is 60.7 Å². The van der Waals surface area contributed by atoms with E-state index in [0.29, 0.717) is 32.8 Å². The average Bonchev–Trinajstić information content (AvgIpc) is 3.19. The van der Waals surface area contributed by atoms with Gasteiger partial charge in [0, 0.05) is 21.3 Å². The number of ether oxygens (including phenoxy) is 3. The summed E-state index contributed by atoms with van der Waals surface area (Å²) in [6.07, 6.45) is -1.19. The molecule has 1 heterocycles. The van der Waals surface area contributed by atoms with Crippen LogP contribution in [-0.2, 0) is 9.53 Å². The molecule has 1 atom stereocenters. The first-order valence-electron chi connectivity index (χ1n) is 8.92. The zero-order valence-corrected chi connectivity index (χ0v) is 16.9. The first-order valence-corrected chi connectivity index (χ1v) is 9.68. The van der Waals surface area contributed by atoms with Crippen LogP contribution in [0.15, 0.2) is 66.7 Å². The van der Waals surface area contributed by atoms with E-state index in [9.17, 15) is 9.59 Å². The Bertz CT molecular complexity index is 1080. The highest BCUT2D eigenvalue weighted by atomic mass is 35.5. The molecule has 152 valence electrons. The highest BCUT2D eigenvalue weighted by molar-refractivity contribution is 6.35. The fourth-order valence-corrected chi connectivity index (χ4v) is 3.46. The van der Waals surface area contributed by atoms with E-state index in [1.807, 2.05) is 0 Å². The minimum atomic E-state index is -1.19. The van der Waals surface area contributed by atoms with Gasteiger partial charge in [0.1, 0.15) is 0 Å². The summed E-state index contributed by atoms with van der Waals surface area (Å²) in [5, 5.41) is 3.43. The zero-order valence-electron chi connectivity index (χ0n) is 15.4. The summed E-state index contributed by atoms with van der Waals surface area (Å²) in [5.41, 5.74) is 1.13. The van der Waals surface area contributed by atoms with Crippen LogP contribution in [0.4, 0.5) is 5.69 Å². The second-order valence-electron chi connectivity index (χ2n) is 6.41. The molecule has 1 unspecified atom stereocenters. The van der Waals surface area contributed by atoms with Crippen molar-refractivity contribution in [3.63, 3.8) is 0 Å². The van der Waals surface area contributed by atoms with Gasteiger partial charge in [0.2, 0.25) is 12.9 Å². The van der Waals surface area contributed by atoms with Crippen LogP contribution < -0.4 is 14.8 Å². The van der Waals surface area contributed by atoms with E-state index in [4.69, 9.17) is 37.4 Å². The Labute approximate surface area is 182 Å². The number of benzene rings is 3. The number of carbonyl (C=O) groups is 2. The van der Waals surface area contributed by atoms with Crippen molar-refractivity contribution in [1.82, 2.24) is 0 Å². The molecule has 1 amide bonds. The molecular formula is C22H15Cl2NO5. The molecule has 1 N–H and O–H groups in total. The number of carbonyl (C=O) groups excluding carboxylic acids is 2. The molecule has 1 aliphatic heterocycles. The summed E-state index contributed by atoms with van der Waals surface area (Å²) in [7, 11) is 0. The quantitative estimate of drug-likeness (QED) is 0.544. The molecule has 0 saturated carbocycles. The number of rotatable bonds is 5. The summed E-state index contributed by atoms with van der Waals surface area (Å²) in [6.45, 7) is 0.0884. The molecule has 0 spiro atoms. The molecule has 8 heteroatoms. The highest BCUT2D eigenvalue weighted by Crippen LogP contribution is 2.33. The number of nitrogens with one attached hydrogen (secondary N) is 1. The van der Waals surface area contributed by atoms with Crippen molar-refractivity contribution in [1.29, 1.82) is 0 Å². The Morgan fingerprint density at radius 1 is 0.900 bits per heavy atom. The van der Waals surface area contributed by atoms with Crippen LogP contribution in [0.3, 0.4) is 0 Å². The first kappa shape index (κ1) is 20.1. The van der Waals surface area contributed by atoms with Gasteiger partial charge < -0.3 is 19.5 Å². The maximum atomic E-state index is 13.0. The molecule has 0 aromatic heterocycles. The van der Waals surface area contributed by atoms with E-state index in [1.165, 1.54) is 6.07 Å². The predicted octanol–water partition coefficient (Wildman–Crippen LogP) is 5.26. The lowest BCUT2D eigenvalue weighted by Crippen LogP contribution is -2.26. The van der Waals surface area contributed by atoms with Gasteiger partial charge in [0.25, 0.3) is 5.91 Å². The van der Waals surface area contributed by atoms with E-state index in [-0.39, 0.29) is 12.4 Å². The maximum absolute atomic E-state index is 13.0. The third-order valence-corrected chi connectivity index (χ3v) is 4.74. The molecule has 3 aromatic carbocycles. The van der Waals surface area contributed by atoms with Gasteiger partial charge in [-0.05, 0) is 36.4 Å². The molecule has 1 aliphatic rings. The van der Waals surface area contributed by atoms with Gasteiger partial charge in [-0.25, -0.2) is 4.79 Å². The number of hydrogen-bond acceptors (Lipinski definition) is 5. The van der Waals surface area contributed by atoms with E-state index in [2.05, 4.69) is 5.32 Å². The van der Waals surface area contributed by atoms with Crippen molar-refractivity contribution < 1.29 is 23.8 Å². The molecule has 6 nitrogen and oxygen atoms in total. The van der Waals surface area contributed by atoms with Crippen molar-refractivity contribution >= 4 is 40.8 Å². The van der Waals surface area contributed by atoms with Crippen LogP contribution in [0.25, 0.3) is 0 Å². The summed E-state index contributed by atoms with van der Waals surface area (Å²) in [6, 6.07) is 18.0. The lowest BCUT2D eigenvalue weighted by Gasteiger charge is -2.18. The normalized spacial score (nSPS) is 12.9. The third kappa shape index (κ3) is 4.50. The van der Waals surface area contributed by atoms with Crippen LogP contribution in [0, 0.1) is 0 Å². The van der Waals surface area contributed by atoms with Gasteiger partial charge in [-0.1, -0.05) is 53.5 Å². The van der Waals surface area contributed by atoms with Gasteiger partial charge >= 0.3 is 5.97 Å². The first-order chi connectivity index (χ1) is 14.5. The Balaban J connectivity index is 1.58. The Morgan fingerprint density at radius 2 is 1.60 bits per heavy atom. The van der Waals surface area contributed by atoms with Gasteiger partial charge in [0.05, 0.1) is 5.56 Å². The summed E-state index contributed by atoms with van der Waals surface area (Å²) < 4.78 is 16.1. The van der Waals surface area contributed by atoms with Crippen molar-refractivity contribution in [3.05, 3.63) is 87.9 Å². The Morgan fingerprint density at radius 3 is 2.33 bits per heavy atom. The van der Waals surface area contributed by atoms with Crippen LogP contribution in [0.2, 0.25) is 10.0 Å².